The number of ketones is 1. The van der Waals surface area contributed by atoms with Gasteiger partial charge in [-0.25, -0.2) is 0 Å². The highest BCUT2D eigenvalue weighted by Gasteiger charge is 2.41. The van der Waals surface area contributed by atoms with E-state index in [1.807, 2.05) is 0 Å². The molecule has 0 saturated carbocycles. The second-order valence-corrected chi connectivity index (χ2v) is 5.83. The molecule has 8 heteroatoms. The van der Waals surface area contributed by atoms with Gasteiger partial charge >= 0.3 is 5.97 Å². The number of aliphatic carboxylic acids is 1. The first-order valence-corrected chi connectivity index (χ1v) is 7.81. The normalized spacial score (nSPS) is 18.6. The molecule has 1 unspecified atom stereocenters. The lowest BCUT2D eigenvalue weighted by atomic mass is 9.93. The molecule has 134 valence electrons. The molecule has 2 rings (SSSR count). The van der Waals surface area contributed by atoms with Crippen molar-refractivity contribution in [1.82, 2.24) is 10.2 Å². The molecule has 0 bridgehead atoms. The number of nitrogens with zero attached hydrogens (tertiary/aromatic N) is 1. The number of Topliss-reactive ketones (excluding diaryl/α,β-unsaturated/α-hetero) is 1. The van der Waals surface area contributed by atoms with E-state index in [-0.39, 0.29) is 19.5 Å². The lowest BCUT2D eigenvalue weighted by Crippen LogP contribution is -2.53. The van der Waals surface area contributed by atoms with Crippen LogP contribution in [0, 0.1) is 5.92 Å². The van der Waals surface area contributed by atoms with Gasteiger partial charge in [0.1, 0.15) is 11.8 Å². The van der Waals surface area contributed by atoms with E-state index in [9.17, 15) is 19.2 Å². The van der Waals surface area contributed by atoms with Crippen molar-refractivity contribution in [2.75, 3.05) is 13.7 Å². The molecule has 0 spiro atoms. The Labute approximate surface area is 144 Å². The molecule has 0 aliphatic carbocycles. The second kappa shape index (κ2) is 7.78. The largest absolute Gasteiger partial charge is 0.497 e. The van der Waals surface area contributed by atoms with Crippen LogP contribution in [0.5, 0.6) is 5.75 Å². The fourth-order valence-corrected chi connectivity index (χ4v) is 2.55. The maximum absolute atomic E-state index is 12.5. The standard InChI is InChI=1S/C17H20N2O6/c1-10(17(23)24)18-15(21)14-13(20)7-8-19(16(14)22)9-11-3-5-12(25-2)6-4-11/h3-6,10,14H,7-9H2,1-2H3,(H,18,21)(H,23,24)/t10-,14?/m1/s1. The fraction of sp³-hybridized carbons (Fsp3) is 0.412. The number of carboxylic acid groups (broad SMARTS) is 1. The van der Waals surface area contributed by atoms with Crippen molar-refractivity contribution in [3.63, 3.8) is 0 Å². The Balaban J connectivity index is 2.08. The Morgan fingerprint density at radius 2 is 1.96 bits per heavy atom. The molecule has 2 atom stereocenters. The van der Waals surface area contributed by atoms with Gasteiger partial charge in [-0.1, -0.05) is 12.1 Å². The van der Waals surface area contributed by atoms with E-state index < -0.39 is 35.5 Å². The summed E-state index contributed by atoms with van der Waals surface area (Å²) in [6.45, 7) is 1.75. The van der Waals surface area contributed by atoms with Gasteiger partial charge in [0.05, 0.1) is 7.11 Å². The quantitative estimate of drug-likeness (QED) is 0.710. The highest BCUT2D eigenvalue weighted by atomic mass is 16.5. The zero-order chi connectivity index (χ0) is 18.6. The number of methoxy groups -OCH3 is 1. The Kier molecular flexibility index (Phi) is 5.74. The Morgan fingerprint density at radius 1 is 1.32 bits per heavy atom. The van der Waals surface area contributed by atoms with Gasteiger partial charge < -0.3 is 20.1 Å². The average molecular weight is 348 g/mol. The van der Waals surface area contributed by atoms with Crippen LogP contribution in [0.4, 0.5) is 0 Å². The van der Waals surface area contributed by atoms with E-state index in [1.54, 1.807) is 31.4 Å². The van der Waals surface area contributed by atoms with Crippen LogP contribution in [-0.4, -0.2) is 53.3 Å². The summed E-state index contributed by atoms with van der Waals surface area (Å²) in [5, 5.41) is 11.0. The fourth-order valence-electron chi connectivity index (χ4n) is 2.55. The van der Waals surface area contributed by atoms with Gasteiger partial charge in [0.25, 0.3) is 0 Å². The van der Waals surface area contributed by atoms with Crippen molar-refractivity contribution in [2.24, 2.45) is 5.92 Å². The summed E-state index contributed by atoms with van der Waals surface area (Å²) < 4.78 is 5.07. The van der Waals surface area contributed by atoms with Crippen LogP contribution < -0.4 is 10.1 Å². The summed E-state index contributed by atoms with van der Waals surface area (Å²) >= 11 is 0. The number of hydrogen-bond donors (Lipinski definition) is 2. The Hall–Kier alpha value is -2.90. The van der Waals surface area contributed by atoms with Crippen LogP contribution in [0.3, 0.4) is 0 Å². The topological polar surface area (TPSA) is 113 Å². The van der Waals surface area contributed by atoms with Crippen molar-refractivity contribution < 1.29 is 29.0 Å². The first-order valence-electron chi connectivity index (χ1n) is 7.81. The minimum Gasteiger partial charge on any atom is -0.497 e. The molecule has 25 heavy (non-hydrogen) atoms. The van der Waals surface area contributed by atoms with Gasteiger partial charge in [-0.3, -0.25) is 19.2 Å². The molecule has 0 aromatic heterocycles. The molecule has 0 radical (unpaired) electrons. The molecule has 2 N–H and O–H groups in total. The molecule has 1 aliphatic heterocycles. The number of carbonyl (C=O) groups is 4. The SMILES string of the molecule is COc1ccc(CN2CCC(=O)C(C(=O)N[C@H](C)C(=O)O)C2=O)cc1. The van der Waals surface area contributed by atoms with E-state index in [0.717, 1.165) is 5.56 Å². The van der Waals surface area contributed by atoms with Gasteiger partial charge in [-0.2, -0.15) is 0 Å². The second-order valence-electron chi connectivity index (χ2n) is 5.83. The van der Waals surface area contributed by atoms with Crippen LogP contribution >= 0.6 is 0 Å². The Bertz CT molecular complexity index is 685. The van der Waals surface area contributed by atoms with Gasteiger partial charge in [-0.15, -0.1) is 0 Å². The predicted molar refractivity (Wildman–Crippen MR) is 86.8 cm³/mol. The molecule has 1 fully saturated rings. The first kappa shape index (κ1) is 18.4. The van der Waals surface area contributed by atoms with E-state index in [4.69, 9.17) is 9.84 Å². The average Bonchev–Trinajstić information content (AvgIpc) is 2.58. The van der Waals surface area contributed by atoms with Gasteiger partial charge in [0.15, 0.2) is 11.7 Å². The molecule has 1 aliphatic rings. The van der Waals surface area contributed by atoms with Crippen molar-refractivity contribution in [2.45, 2.75) is 25.9 Å². The number of likely N-dealkylation sites (tertiary alicyclic amines) is 1. The van der Waals surface area contributed by atoms with Crippen LogP contribution in [0.15, 0.2) is 24.3 Å². The maximum atomic E-state index is 12.5. The van der Waals surface area contributed by atoms with E-state index in [2.05, 4.69) is 5.32 Å². The van der Waals surface area contributed by atoms with E-state index in [1.165, 1.54) is 11.8 Å². The highest BCUT2D eigenvalue weighted by Crippen LogP contribution is 2.19. The zero-order valence-electron chi connectivity index (χ0n) is 14.0. The smallest absolute Gasteiger partial charge is 0.325 e. The van der Waals surface area contributed by atoms with Crippen molar-refractivity contribution >= 4 is 23.6 Å². The number of carbonyl (C=O) groups excluding carboxylic acids is 3. The summed E-state index contributed by atoms with van der Waals surface area (Å²) in [6, 6.07) is 5.93. The number of benzene rings is 1. The summed E-state index contributed by atoms with van der Waals surface area (Å²) in [4.78, 5) is 49.0. The zero-order valence-corrected chi connectivity index (χ0v) is 14.0. The number of carboxylic acids is 1. The number of amides is 2. The molecule has 2 amide bonds. The van der Waals surface area contributed by atoms with Crippen molar-refractivity contribution in [3.05, 3.63) is 29.8 Å². The third-order valence-electron chi connectivity index (χ3n) is 4.03. The molecule has 1 aromatic rings. The van der Waals surface area contributed by atoms with Gasteiger partial charge in [0, 0.05) is 19.5 Å². The number of ether oxygens (including phenoxy) is 1. The highest BCUT2D eigenvalue weighted by molar-refractivity contribution is 6.19. The molecular weight excluding hydrogens is 328 g/mol. The lowest BCUT2D eigenvalue weighted by Gasteiger charge is -2.31. The summed E-state index contributed by atoms with van der Waals surface area (Å²) in [7, 11) is 1.55. The first-order chi connectivity index (χ1) is 11.8. The minimum atomic E-state index is -1.49. The van der Waals surface area contributed by atoms with Crippen LogP contribution in [0.2, 0.25) is 0 Å². The van der Waals surface area contributed by atoms with Gasteiger partial charge in [-0.05, 0) is 24.6 Å². The summed E-state index contributed by atoms with van der Waals surface area (Å²) in [6.07, 6.45) is 0.0570. The van der Waals surface area contributed by atoms with Crippen LogP contribution in [-0.2, 0) is 25.7 Å². The van der Waals surface area contributed by atoms with E-state index >= 15 is 0 Å². The van der Waals surface area contributed by atoms with Crippen molar-refractivity contribution in [3.8, 4) is 5.75 Å². The third kappa shape index (κ3) is 4.34. The predicted octanol–water partition coefficient (Wildman–Crippen LogP) is 0.202. The molecule has 8 nitrogen and oxygen atoms in total. The molecule has 1 aromatic carbocycles. The number of piperidine rings is 1. The number of rotatable bonds is 6. The lowest BCUT2D eigenvalue weighted by molar-refractivity contribution is -0.153. The van der Waals surface area contributed by atoms with Crippen LogP contribution in [0.25, 0.3) is 0 Å². The Morgan fingerprint density at radius 3 is 2.52 bits per heavy atom. The maximum Gasteiger partial charge on any atom is 0.325 e. The van der Waals surface area contributed by atoms with Gasteiger partial charge in [0.2, 0.25) is 11.8 Å². The van der Waals surface area contributed by atoms with Crippen LogP contribution in [0.1, 0.15) is 18.9 Å². The van der Waals surface area contributed by atoms with E-state index in [0.29, 0.717) is 5.75 Å². The minimum absolute atomic E-state index is 0.0570. The monoisotopic (exact) mass is 348 g/mol. The number of hydrogen-bond acceptors (Lipinski definition) is 5. The third-order valence-corrected chi connectivity index (χ3v) is 4.03. The van der Waals surface area contributed by atoms with Crippen molar-refractivity contribution in [1.29, 1.82) is 0 Å². The molecular formula is C17H20N2O6. The molecule has 1 saturated heterocycles. The summed E-state index contributed by atoms with van der Waals surface area (Å²) in [5.74, 6) is -4.02. The summed E-state index contributed by atoms with van der Waals surface area (Å²) in [5.41, 5.74) is 0.835. The number of nitrogens with one attached hydrogen (secondary N) is 1. The molecule has 1 heterocycles.